The molecule has 3 atom stereocenters. The zero-order valence-corrected chi connectivity index (χ0v) is 11.9. The van der Waals surface area contributed by atoms with Gasteiger partial charge in [-0.15, -0.1) is 0 Å². The average Bonchev–Trinajstić information content (AvgIpc) is 2.28. The van der Waals surface area contributed by atoms with Crippen molar-refractivity contribution in [1.82, 2.24) is 10.2 Å². The number of nitrogens with two attached hydrogens (primary N) is 2. The second-order valence-electron chi connectivity index (χ2n) is 5.96. The summed E-state index contributed by atoms with van der Waals surface area (Å²) in [5.41, 5.74) is 11.0. The summed E-state index contributed by atoms with van der Waals surface area (Å²) in [7, 11) is 4.27. The van der Waals surface area contributed by atoms with E-state index in [0.29, 0.717) is 6.54 Å². The maximum absolute atomic E-state index is 10.9. The van der Waals surface area contributed by atoms with Crippen molar-refractivity contribution in [2.45, 2.75) is 44.2 Å². The minimum atomic E-state index is -0.592. The van der Waals surface area contributed by atoms with Gasteiger partial charge in [-0.05, 0) is 32.9 Å². The van der Waals surface area contributed by atoms with E-state index in [1.807, 2.05) is 0 Å². The normalized spacial score (nSPS) is 30.4. The molecule has 0 radical (unpaired) electrons. The first-order valence-electron chi connectivity index (χ1n) is 6.80. The molecule has 0 saturated heterocycles. The first-order valence-corrected chi connectivity index (χ1v) is 6.80. The van der Waals surface area contributed by atoms with Crippen molar-refractivity contribution in [3.05, 3.63) is 0 Å². The van der Waals surface area contributed by atoms with Crippen LogP contribution < -0.4 is 16.8 Å². The first-order chi connectivity index (χ1) is 8.37. The van der Waals surface area contributed by atoms with Gasteiger partial charge >= 0.3 is 0 Å². The topological polar surface area (TPSA) is 84.4 Å². The summed E-state index contributed by atoms with van der Waals surface area (Å²) in [6, 6.07) is -0.592. The quantitative estimate of drug-likeness (QED) is 0.619. The van der Waals surface area contributed by atoms with Crippen LogP contribution in [0.2, 0.25) is 0 Å². The van der Waals surface area contributed by atoms with Crippen molar-refractivity contribution in [2.24, 2.45) is 17.4 Å². The van der Waals surface area contributed by atoms with E-state index in [-0.39, 0.29) is 5.54 Å². The zero-order valence-electron chi connectivity index (χ0n) is 11.9. The van der Waals surface area contributed by atoms with Gasteiger partial charge in [0, 0.05) is 18.6 Å². The number of primary amides is 1. The van der Waals surface area contributed by atoms with E-state index in [1.165, 1.54) is 25.7 Å². The van der Waals surface area contributed by atoms with E-state index in [4.69, 9.17) is 11.5 Å². The second-order valence-corrected chi connectivity index (χ2v) is 5.96. The van der Waals surface area contributed by atoms with Crippen LogP contribution in [0.25, 0.3) is 0 Å². The molecule has 1 rings (SSSR count). The highest BCUT2D eigenvalue weighted by Crippen LogP contribution is 2.35. The van der Waals surface area contributed by atoms with E-state index in [2.05, 4.69) is 31.2 Å². The van der Waals surface area contributed by atoms with Crippen molar-refractivity contribution in [3.8, 4) is 0 Å². The molecule has 1 aliphatic carbocycles. The Morgan fingerprint density at radius 3 is 2.72 bits per heavy atom. The van der Waals surface area contributed by atoms with Crippen LogP contribution in [0.3, 0.4) is 0 Å². The molecule has 0 aromatic rings. The Kier molecular flexibility index (Phi) is 5.56. The highest BCUT2D eigenvalue weighted by molar-refractivity contribution is 5.79. The van der Waals surface area contributed by atoms with Crippen molar-refractivity contribution < 1.29 is 4.79 Å². The number of hydrogen-bond acceptors (Lipinski definition) is 4. The Morgan fingerprint density at radius 1 is 1.56 bits per heavy atom. The maximum Gasteiger partial charge on any atom is 0.235 e. The number of nitrogens with zero attached hydrogens (tertiary/aromatic N) is 1. The first kappa shape index (κ1) is 15.4. The van der Waals surface area contributed by atoms with Crippen LogP contribution in [0.15, 0.2) is 0 Å². The highest BCUT2D eigenvalue weighted by Gasteiger charge is 2.36. The van der Waals surface area contributed by atoms with E-state index in [0.717, 1.165) is 12.5 Å². The third-order valence-electron chi connectivity index (χ3n) is 4.20. The molecular weight excluding hydrogens is 228 g/mol. The van der Waals surface area contributed by atoms with E-state index in [9.17, 15) is 4.79 Å². The Bertz CT molecular complexity index is 282. The van der Waals surface area contributed by atoms with Gasteiger partial charge < -0.3 is 21.7 Å². The summed E-state index contributed by atoms with van der Waals surface area (Å²) < 4.78 is 0. The number of hydrogen-bond donors (Lipinski definition) is 3. The number of carbonyl (C=O) groups excluding carboxylic acids is 1. The standard InChI is InChI=1S/C13H28N4O/c1-10-5-4-6-13(7-10,17(2)3)9-16-8-11(14)12(15)18/h10-11,16H,4-9,14H2,1-3H3,(H2,15,18). The molecule has 0 heterocycles. The Labute approximate surface area is 110 Å². The summed E-state index contributed by atoms with van der Waals surface area (Å²) in [4.78, 5) is 13.2. The van der Waals surface area contributed by atoms with Gasteiger partial charge in [-0.2, -0.15) is 0 Å². The van der Waals surface area contributed by atoms with Crippen molar-refractivity contribution in [2.75, 3.05) is 27.2 Å². The molecule has 18 heavy (non-hydrogen) atoms. The van der Waals surface area contributed by atoms with Gasteiger partial charge in [0.25, 0.3) is 0 Å². The van der Waals surface area contributed by atoms with Crippen LogP contribution in [-0.4, -0.2) is 49.6 Å². The summed E-state index contributed by atoms with van der Waals surface area (Å²) >= 11 is 0. The fourth-order valence-corrected chi connectivity index (χ4v) is 2.92. The molecule has 5 heteroatoms. The Morgan fingerprint density at radius 2 is 2.22 bits per heavy atom. The molecule has 0 aromatic carbocycles. The van der Waals surface area contributed by atoms with Gasteiger partial charge in [0.2, 0.25) is 5.91 Å². The van der Waals surface area contributed by atoms with Gasteiger partial charge in [0.05, 0.1) is 6.04 Å². The number of likely N-dealkylation sites (N-methyl/N-ethyl adjacent to an activating group) is 1. The summed E-state index contributed by atoms with van der Waals surface area (Å²) in [5.74, 6) is 0.311. The molecule has 1 saturated carbocycles. The molecule has 5 nitrogen and oxygen atoms in total. The molecule has 0 aliphatic heterocycles. The van der Waals surface area contributed by atoms with E-state index in [1.54, 1.807) is 0 Å². The maximum atomic E-state index is 10.9. The van der Waals surface area contributed by atoms with Crippen molar-refractivity contribution in [3.63, 3.8) is 0 Å². The molecule has 1 aliphatic rings. The fourth-order valence-electron chi connectivity index (χ4n) is 2.92. The zero-order chi connectivity index (χ0) is 13.8. The predicted octanol–water partition coefficient (Wildman–Crippen LogP) is -0.101. The number of carbonyl (C=O) groups is 1. The third-order valence-corrected chi connectivity index (χ3v) is 4.20. The summed E-state index contributed by atoms with van der Waals surface area (Å²) in [6.45, 7) is 3.64. The molecule has 0 aromatic heterocycles. The molecule has 1 amide bonds. The van der Waals surface area contributed by atoms with Gasteiger partial charge in [-0.25, -0.2) is 0 Å². The minimum Gasteiger partial charge on any atom is -0.368 e. The molecule has 1 fully saturated rings. The fraction of sp³-hybridized carbons (Fsp3) is 0.923. The Hall–Kier alpha value is -0.650. The summed E-state index contributed by atoms with van der Waals surface area (Å²) in [6.07, 6.45) is 4.97. The average molecular weight is 256 g/mol. The monoisotopic (exact) mass is 256 g/mol. The number of nitrogens with one attached hydrogen (secondary N) is 1. The SMILES string of the molecule is CC1CCCC(CNCC(N)C(N)=O)(N(C)C)C1. The highest BCUT2D eigenvalue weighted by atomic mass is 16.1. The van der Waals surface area contributed by atoms with Gasteiger partial charge in [-0.1, -0.05) is 19.8 Å². The summed E-state index contributed by atoms with van der Waals surface area (Å²) in [5, 5.41) is 3.31. The van der Waals surface area contributed by atoms with Crippen molar-refractivity contribution >= 4 is 5.91 Å². The van der Waals surface area contributed by atoms with Gasteiger partial charge in [0.1, 0.15) is 0 Å². The second kappa shape index (κ2) is 6.50. The van der Waals surface area contributed by atoms with Crippen LogP contribution in [-0.2, 0) is 4.79 Å². The van der Waals surface area contributed by atoms with Gasteiger partial charge in [-0.3, -0.25) is 4.79 Å². The molecule has 0 spiro atoms. The Balaban J connectivity index is 2.50. The van der Waals surface area contributed by atoms with Crippen molar-refractivity contribution in [1.29, 1.82) is 0 Å². The molecule has 106 valence electrons. The molecule has 3 unspecified atom stereocenters. The lowest BCUT2D eigenvalue weighted by atomic mass is 9.75. The smallest absolute Gasteiger partial charge is 0.235 e. The van der Waals surface area contributed by atoms with Crippen LogP contribution >= 0.6 is 0 Å². The molecular formula is C13H28N4O. The lowest BCUT2D eigenvalue weighted by Crippen LogP contribution is -2.56. The van der Waals surface area contributed by atoms with E-state index >= 15 is 0 Å². The van der Waals surface area contributed by atoms with Crippen LogP contribution in [0, 0.1) is 5.92 Å². The molecule has 0 bridgehead atoms. The predicted molar refractivity (Wildman–Crippen MR) is 74.1 cm³/mol. The lowest BCUT2D eigenvalue weighted by molar-refractivity contribution is -0.119. The lowest BCUT2D eigenvalue weighted by Gasteiger charge is -2.45. The largest absolute Gasteiger partial charge is 0.368 e. The molecule has 5 N–H and O–H groups in total. The van der Waals surface area contributed by atoms with E-state index < -0.39 is 11.9 Å². The minimum absolute atomic E-state index is 0.190. The van der Waals surface area contributed by atoms with Gasteiger partial charge in [0.15, 0.2) is 0 Å². The number of rotatable bonds is 6. The van der Waals surface area contributed by atoms with Crippen LogP contribution in [0.1, 0.15) is 32.6 Å². The third kappa shape index (κ3) is 3.93. The number of amides is 1. The van der Waals surface area contributed by atoms with Crippen LogP contribution in [0.5, 0.6) is 0 Å². The van der Waals surface area contributed by atoms with Crippen LogP contribution in [0.4, 0.5) is 0 Å².